The molecule has 2 aromatic carbocycles. The molecule has 2 aromatic rings. The first-order valence-electron chi connectivity index (χ1n) is 16.7. The number of nitrogens with one attached hydrogen (secondary N) is 2. The number of likely N-dealkylation sites (tertiary alicyclic amines) is 1. The molecule has 5 amide bonds. The highest BCUT2D eigenvalue weighted by molar-refractivity contribution is 9.11. The van der Waals surface area contributed by atoms with Gasteiger partial charge in [0.2, 0.25) is 5.91 Å². The van der Waals surface area contributed by atoms with Crippen molar-refractivity contribution in [2.75, 3.05) is 44.6 Å². The van der Waals surface area contributed by atoms with E-state index in [9.17, 15) is 29.4 Å². The Morgan fingerprint density at radius 2 is 1.52 bits per heavy atom. The van der Waals surface area contributed by atoms with Crippen molar-refractivity contribution < 1.29 is 29.4 Å². The van der Waals surface area contributed by atoms with Gasteiger partial charge in [0.1, 0.15) is 11.8 Å². The summed E-state index contributed by atoms with van der Waals surface area (Å²) in [6.07, 6.45) is 4.57. The number of piperidine rings is 1. The van der Waals surface area contributed by atoms with E-state index in [1.807, 2.05) is 34.1 Å². The molecule has 3 aliphatic heterocycles. The second-order valence-corrected chi connectivity index (χ2v) is 15.0. The molecule has 1 atom stereocenters. The van der Waals surface area contributed by atoms with Crippen LogP contribution in [0.5, 0.6) is 5.75 Å². The molecular weight excluding hydrogens is 748 g/mol. The number of piperazine rings is 1. The second-order valence-electron chi connectivity index (χ2n) is 13.3. The molecule has 4 aliphatic rings. The summed E-state index contributed by atoms with van der Waals surface area (Å²) in [4.78, 5) is 59.7. The number of carboxylic acids is 1. The molecule has 12 nitrogen and oxygen atoms in total. The Balaban J connectivity index is 1.08. The molecule has 3 heterocycles. The number of fused-ring (bicyclic) bond motifs is 1. The van der Waals surface area contributed by atoms with Gasteiger partial charge >= 0.3 is 18.0 Å². The number of aliphatic carboxylic acids is 1. The molecule has 0 aromatic heterocycles. The van der Waals surface area contributed by atoms with Crippen LogP contribution in [0.2, 0.25) is 0 Å². The van der Waals surface area contributed by atoms with Crippen LogP contribution in [0.3, 0.4) is 0 Å². The first-order valence-corrected chi connectivity index (χ1v) is 18.3. The molecule has 1 aliphatic carbocycles. The van der Waals surface area contributed by atoms with Gasteiger partial charge in [-0.1, -0.05) is 18.2 Å². The SMILES string of the molecule is O=C(O)C1CCC(N2CCN(C(=O)[C@@H](Cc3cc(Br)c(O)c(Br)c3)NC(=O)N3CCC(N4Cc5ccccc5NC4=O)CC3)CC2)CC1. The number of halogens is 2. The maximum absolute atomic E-state index is 14.0. The number of para-hydroxylation sites is 1. The van der Waals surface area contributed by atoms with Gasteiger partial charge in [-0.25, -0.2) is 9.59 Å². The summed E-state index contributed by atoms with van der Waals surface area (Å²) in [6, 6.07) is 10.4. The molecule has 48 heavy (non-hydrogen) atoms. The summed E-state index contributed by atoms with van der Waals surface area (Å²) in [5.74, 6) is -1.07. The third kappa shape index (κ3) is 7.76. The number of hydrogen-bond donors (Lipinski definition) is 4. The zero-order valence-electron chi connectivity index (χ0n) is 26.7. The predicted octanol–water partition coefficient (Wildman–Crippen LogP) is 4.84. The van der Waals surface area contributed by atoms with Gasteiger partial charge < -0.3 is 35.5 Å². The van der Waals surface area contributed by atoms with Crippen LogP contribution < -0.4 is 10.6 Å². The van der Waals surface area contributed by atoms with Gasteiger partial charge in [0.05, 0.1) is 14.9 Å². The number of carboxylic acid groups (broad SMARTS) is 1. The molecule has 4 N–H and O–H groups in total. The Labute approximate surface area is 297 Å². The molecule has 0 bridgehead atoms. The number of aromatic hydroxyl groups is 1. The van der Waals surface area contributed by atoms with E-state index >= 15 is 0 Å². The Bertz CT molecular complexity index is 1510. The Morgan fingerprint density at radius 1 is 0.875 bits per heavy atom. The van der Waals surface area contributed by atoms with E-state index in [1.165, 1.54) is 0 Å². The molecule has 14 heteroatoms. The Hall–Kier alpha value is -3.36. The number of phenolic OH excluding ortho intramolecular Hbond substituents is 1. The summed E-state index contributed by atoms with van der Waals surface area (Å²) in [5.41, 5.74) is 2.68. The van der Waals surface area contributed by atoms with Crippen molar-refractivity contribution in [1.82, 2.24) is 24.9 Å². The zero-order chi connectivity index (χ0) is 33.9. The summed E-state index contributed by atoms with van der Waals surface area (Å²) in [5, 5.41) is 25.6. The lowest BCUT2D eigenvalue weighted by atomic mass is 9.85. The van der Waals surface area contributed by atoms with Crippen LogP contribution in [-0.4, -0.2) is 111 Å². The number of carbonyl (C=O) groups excluding carboxylic acids is 3. The van der Waals surface area contributed by atoms with Gasteiger partial charge in [-0.2, -0.15) is 0 Å². The van der Waals surface area contributed by atoms with Crippen molar-refractivity contribution in [3.8, 4) is 5.75 Å². The minimum absolute atomic E-state index is 0.00186. The van der Waals surface area contributed by atoms with E-state index in [1.54, 1.807) is 17.0 Å². The van der Waals surface area contributed by atoms with Crippen LogP contribution in [0.1, 0.15) is 49.7 Å². The lowest BCUT2D eigenvalue weighted by Gasteiger charge is -2.42. The molecule has 2 saturated heterocycles. The highest BCUT2D eigenvalue weighted by atomic mass is 79.9. The van der Waals surface area contributed by atoms with Gasteiger partial charge in [-0.05, 0) is 99.7 Å². The minimum Gasteiger partial charge on any atom is -0.506 e. The van der Waals surface area contributed by atoms with Crippen LogP contribution in [-0.2, 0) is 22.6 Å². The largest absolute Gasteiger partial charge is 0.506 e. The van der Waals surface area contributed by atoms with E-state index < -0.39 is 12.0 Å². The fourth-order valence-electron chi connectivity index (χ4n) is 7.53. The summed E-state index contributed by atoms with van der Waals surface area (Å²) in [6.45, 7) is 3.91. The average molecular weight is 791 g/mol. The standard InChI is InChI=1S/C34H42Br2N6O6/c35-26-17-21(18-27(36)30(26)43)19-29(31(44)40-15-13-39(14-16-40)24-7-5-22(6-8-24)32(45)46)38-33(47)41-11-9-25(10-12-41)42-20-23-3-1-2-4-28(23)37-34(42)48/h1-4,17-18,22,24-25,29,43H,5-16,19-20H2,(H,37,48)(H,38,47)(H,45,46)/t22?,24?,29-/m1/s1. The number of anilines is 1. The van der Waals surface area contributed by atoms with Crippen molar-refractivity contribution >= 4 is 61.5 Å². The van der Waals surface area contributed by atoms with E-state index in [-0.39, 0.29) is 42.1 Å². The van der Waals surface area contributed by atoms with E-state index in [2.05, 4.69) is 47.4 Å². The van der Waals surface area contributed by atoms with Crippen LogP contribution >= 0.6 is 31.9 Å². The monoisotopic (exact) mass is 788 g/mol. The maximum Gasteiger partial charge on any atom is 0.322 e. The summed E-state index contributed by atoms with van der Waals surface area (Å²) >= 11 is 6.76. The molecule has 0 spiro atoms. The number of benzene rings is 2. The lowest BCUT2D eigenvalue weighted by molar-refractivity contribution is -0.143. The lowest BCUT2D eigenvalue weighted by Crippen LogP contribution is -2.59. The number of nitrogens with zero attached hydrogens (tertiary/aromatic N) is 4. The van der Waals surface area contributed by atoms with Crippen molar-refractivity contribution in [3.63, 3.8) is 0 Å². The number of phenols is 1. The van der Waals surface area contributed by atoms with Crippen LogP contribution in [0.25, 0.3) is 0 Å². The first kappa shape index (κ1) is 34.5. The number of hydrogen-bond acceptors (Lipinski definition) is 6. The average Bonchev–Trinajstić information content (AvgIpc) is 3.10. The van der Waals surface area contributed by atoms with Gasteiger partial charge in [-0.15, -0.1) is 0 Å². The topological polar surface area (TPSA) is 146 Å². The smallest absolute Gasteiger partial charge is 0.322 e. The van der Waals surface area contributed by atoms with Crippen molar-refractivity contribution in [2.45, 2.75) is 69.6 Å². The third-order valence-corrected chi connectivity index (χ3v) is 11.6. The van der Waals surface area contributed by atoms with E-state index in [4.69, 9.17) is 0 Å². The molecule has 0 unspecified atom stereocenters. The molecular formula is C34H42Br2N6O6. The molecule has 3 fully saturated rings. The van der Waals surface area contributed by atoms with Crippen LogP contribution in [0.4, 0.5) is 15.3 Å². The summed E-state index contributed by atoms with van der Waals surface area (Å²) < 4.78 is 0.976. The van der Waals surface area contributed by atoms with Gasteiger partial charge in [0.15, 0.2) is 0 Å². The molecule has 0 radical (unpaired) electrons. The Kier molecular flexibility index (Phi) is 10.8. The molecule has 6 rings (SSSR count). The normalized spacial score (nSPS) is 22.9. The number of urea groups is 2. The van der Waals surface area contributed by atoms with Gasteiger partial charge in [0, 0.05) is 70.0 Å². The van der Waals surface area contributed by atoms with Gasteiger partial charge in [0.25, 0.3) is 0 Å². The predicted molar refractivity (Wildman–Crippen MR) is 187 cm³/mol. The number of carbonyl (C=O) groups is 4. The number of rotatable bonds is 7. The van der Waals surface area contributed by atoms with E-state index in [0.29, 0.717) is 86.5 Å². The van der Waals surface area contributed by atoms with Crippen molar-refractivity contribution in [1.29, 1.82) is 0 Å². The van der Waals surface area contributed by atoms with E-state index in [0.717, 1.165) is 29.7 Å². The zero-order valence-corrected chi connectivity index (χ0v) is 29.9. The second kappa shape index (κ2) is 15.0. The van der Waals surface area contributed by atoms with Crippen molar-refractivity contribution in [3.05, 3.63) is 56.5 Å². The number of amides is 5. The Morgan fingerprint density at radius 3 is 2.17 bits per heavy atom. The highest BCUT2D eigenvalue weighted by Crippen LogP contribution is 2.34. The minimum atomic E-state index is -0.819. The first-order chi connectivity index (χ1) is 23.1. The fraction of sp³-hybridized carbons (Fsp3) is 0.529. The van der Waals surface area contributed by atoms with Crippen molar-refractivity contribution in [2.24, 2.45) is 5.92 Å². The van der Waals surface area contributed by atoms with Crippen LogP contribution in [0, 0.1) is 5.92 Å². The highest BCUT2D eigenvalue weighted by Gasteiger charge is 2.36. The third-order valence-electron chi connectivity index (χ3n) is 10.4. The molecule has 1 saturated carbocycles. The summed E-state index contributed by atoms with van der Waals surface area (Å²) in [7, 11) is 0. The maximum atomic E-state index is 14.0. The molecule has 258 valence electrons. The van der Waals surface area contributed by atoms with Crippen LogP contribution in [0.15, 0.2) is 45.3 Å². The van der Waals surface area contributed by atoms with Gasteiger partial charge in [-0.3, -0.25) is 14.5 Å². The fourth-order valence-corrected chi connectivity index (χ4v) is 8.81. The quantitative estimate of drug-likeness (QED) is 0.315.